The minimum absolute atomic E-state index is 0.0597. The highest BCUT2D eigenvalue weighted by molar-refractivity contribution is 7.98. The minimum Gasteiger partial charge on any atom is -0.480 e. The molecule has 3 unspecified atom stereocenters. The lowest BCUT2D eigenvalue weighted by Gasteiger charge is -2.20. The van der Waals surface area contributed by atoms with Gasteiger partial charge in [0.25, 0.3) is 0 Å². The van der Waals surface area contributed by atoms with Crippen molar-refractivity contribution < 1.29 is 24.3 Å². The Morgan fingerprint density at radius 1 is 1.27 bits per heavy atom. The number of aliphatic carboxylic acids is 1. The van der Waals surface area contributed by atoms with Crippen LogP contribution in [0.25, 0.3) is 0 Å². The Kier molecular flexibility index (Phi) is 10.4. The van der Waals surface area contributed by atoms with Crippen molar-refractivity contribution in [2.24, 2.45) is 0 Å². The van der Waals surface area contributed by atoms with E-state index >= 15 is 0 Å². The maximum Gasteiger partial charge on any atom is 0.327 e. The number of rotatable bonds is 11. The van der Waals surface area contributed by atoms with Gasteiger partial charge in [-0.25, -0.2) is 4.79 Å². The molecule has 0 spiro atoms. The van der Waals surface area contributed by atoms with E-state index in [1.807, 2.05) is 6.26 Å². The fourth-order valence-electron chi connectivity index (χ4n) is 2.41. The van der Waals surface area contributed by atoms with Gasteiger partial charge in [0.2, 0.25) is 17.7 Å². The SMILES string of the molecule is CSCCC(NC(=O)C1CCCN1)C(=O)NCC(=O)NC(CS)C(=O)O. The minimum atomic E-state index is -1.20. The van der Waals surface area contributed by atoms with Gasteiger partial charge in [-0.3, -0.25) is 14.4 Å². The fourth-order valence-corrected chi connectivity index (χ4v) is 3.13. The van der Waals surface area contributed by atoms with E-state index in [4.69, 9.17) is 5.11 Å². The van der Waals surface area contributed by atoms with Crippen LogP contribution >= 0.6 is 24.4 Å². The average molecular weight is 407 g/mol. The van der Waals surface area contributed by atoms with Crippen molar-refractivity contribution in [3.63, 3.8) is 0 Å². The molecule has 3 atom stereocenters. The summed E-state index contributed by atoms with van der Waals surface area (Å²) in [4.78, 5) is 47.2. The molecule has 0 bridgehead atoms. The van der Waals surface area contributed by atoms with E-state index in [9.17, 15) is 19.2 Å². The second-order valence-electron chi connectivity index (χ2n) is 5.85. The number of hydrogen-bond donors (Lipinski definition) is 6. The number of carbonyl (C=O) groups excluding carboxylic acids is 3. The summed E-state index contributed by atoms with van der Waals surface area (Å²) in [5.41, 5.74) is 0. The van der Waals surface area contributed by atoms with E-state index < -0.39 is 29.9 Å². The van der Waals surface area contributed by atoms with E-state index in [1.54, 1.807) is 11.8 Å². The summed E-state index contributed by atoms with van der Waals surface area (Å²) < 4.78 is 0. The number of thioether (sulfide) groups is 1. The fraction of sp³-hybridized carbons (Fsp3) is 0.733. The van der Waals surface area contributed by atoms with Crippen molar-refractivity contribution in [3.05, 3.63) is 0 Å². The third kappa shape index (κ3) is 7.83. The quantitative estimate of drug-likeness (QED) is 0.232. The van der Waals surface area contributed by atoms with Gasteiger partial charge in [-0.2, -0.15) is 24.4 Å². The van der Waals surface area contributed by atoms with E-state index in [-0.39, 0.29) is 24.2 Å². The molecule has 0 aromatic carbocycles. The predicted molar refractivity (Wildman–Crippen MR) is 102 cm³/mol. The third-order valence-corrected chi connectivity index (χ3v) is 4.87. The van der Waals surface area contributed by atoms with Crippen molar-refractivity contribution >= 4 is 48.1 Å². The second kappa shape index (κ2) is 12.0. The monoisotopic (exact) mass is 406 g/mol. The van der Waals surface area contributed by atoms with Gasteiger partial charge in [0.05, 0.1) is 12.6 Å². The molecule has 0 aromatic heterocycles. The maximum absolute atomic E-state index is 12.3. The molecule has 1 fully saturated rings. The number of hydrogen-bond acceptors (Lipinski definition) is 7. The number of amides is 3. The number of thiol groups is 1. The van der Waals surface area contributed by atoms with Crippen molar-refractivity contribution in [2.75, 3.05) is 30.9 Å². The first-order valence-corrected chi connectivity index (χ1v) is 10.3. The molecule has 0 saturated carbocycles. The third-order valence-electron chi connectivity index (χ3n) is 3.86. The van der Waals surface area contributed by atoms with Gasteiger partial charge in [-0.15, -0.1) is 0 Å². The van der Waals surface area contributed by atoms with Crippen LogP contribution in [0.3, 0.4) is 0 Å². The Labute approximate surface area is 162 Å². The summed E-state index contributed by atoms with van der Waals surface area (Å²) in [5.74, 6) is -1.92. The van der Waals surface area contributed by atoms with Crippen LogP contribution in [0.1, 0.15) is 19.3 Å². The zero-order valence-electron chi connectivity index (χ0n) is 14.6. The molecule has 0 radical (unpaired) electrons. The molecule has 1 aliphatic heterocycles. The molecule has 26 heavy (non-hydrogen) atoms. The Morgan fingerprint density at radius 2 is 2.00 bits per heavy atom. The molecule has 1 heterocycles. The van der Waals surface area contributed by atoms with Gasteiger partial charge in [0.15, 0.2) is 0 Å². The summed E-state index contributed by atoms with van der Waals surface area (Å²) in [6.07, 6.45) is 3.97. The Hall–Kier alpha value is -1.46. The van der Waals surface area contributed by atoms with Gasteiger partial charge >= 0.3 is 5.97 Å². The second-order valence-corrected chi connectivity index (χ2v) is 7.20. The van der Waals surface area contributed by atoms with Crippen molar-refractivity contribution in [1.82, 2.24) is 21.3 Å². The number of carboxylic acids is 1. The first-order chi connectivity index (χ1) is 12.4. The number of carbonyl (C=O) groups is 4. The molecule has 3 amide bonds. The van der Waals surface area contributed by atoms with Crippen molar-refractivity contribution in [1.29, 1.82) is 0 Å². The van der Waals surface area contributed by atoms with Crippen molar-refractivity contribution in [2.45, 2.75) is 37.4 Å². The highest BCUT2D eigenvalue weighted by Crippen LogP contribution is 2.07. The molecule has 5 N–H and O–H groups in total. The molecule has 148 valence electrons. The van der Waals surface area contributed by atoms with E-state index in [0.717, 1.165) is 19.4 Å². The lowest BCUT2D eigenvalue weighted by molar-refractivity contribution is -0.141. The van der Waals surface area contributed by atoms with Crippen LogP contribution in [-0.2, 0) is 19.2 Å². The summed E-state index contributed by atoms with van der Waals surface area (Å²) in [6.45, 7) is 0.402. The Morgan fingerprint density at radius 3 is 2.54 bits per heavy atom. The van der Waals surface area contributed by atoms with Gasteiger partial charge in [-0.05, 0) is 37.8 Å². The van der Waals surface area contributed by atoms with Gasteiger partial charge < -0.3 is 26.4 Å². The maximum atomic E-state index is 12.3. The first-order valence-electron chi connectivity index (χ1n) is 8.32. The number of nitrogens with one attached hydrogen (secondary N) is 4. The first kappa shape index (κ1) is 22.6. The van der Waals surface area contributed by atoms with Crippen LogP contribution in [0.15, 0.2) is 0 Å². The highest BCUT2D eigenvalue weighted by atomic mass is 32.2. The topological polar surface area (TPSA) is 137 Å². The Bertz CT molecular complexity index is 514. The molecule has 1 rings (SSSR count). The average Bonchev–Trinajstić information content (AvgIpc) is 3.15. The van der Waals surface area contributed by atoms with Gasteiger partial charge in [0, 0.05) is 5.75 Å². The van der Waals surface area contributed by atoms with Crippen LogP contribution < -0.4 is 21.3 Å². The molecular weight excluding hydrogens is 380 g/mol. The highest BCUT2D eigenvalue weighted by Gasteiger charge is 2.27. The largest absolute Gasteiger partial charge is 0.480 e. The smallest absolute Gasteiger partial charge is 0.327 e. The molecule has 0 aromatic rings. The molecule has 1 aliphatic rings. The van der Waals surface area contributed by atoms with Crippen LogP contribution in [0.4, 0.5) is 0 Å². The lowest BCUT2D eigenvalue weighted by Crippen LogP contribution is -2.53. The van der Waals surface area contributed by atoms with Gasteiger partial charge in [-0.1, -0.05) is 0 Å². The van der Waals surface area contributed by atoms with Crippen LogP contribution in [-0.4, -0.2) is 77.8 Å². The van der Waals surface area contributed by atoms with E-state index in [2.05, 4.69) is 33.9 Å². The van der Waals surface area contributed by atoms with Crippen LogP contribution in [0.5, 0.6) is 0 Å². The normalized spacial score (nSPS) is 18.6. The summed E-state index contributed by atoms with van der Waals surface area (Å²) in [5, 5.41) is 19.4. The molecule has 11 heteroatoms. The van der Waals surface area contributed by atoms with Crippen molar-refractivity contribution in [3.8, 4) is 0 Å². The van der Waals surface area contributed by atoms with Crippen LogP contribution in [0, 0.1) is 0 Å². The zero-order valence-corrected chi connectivity index (χ0v) is 16.3. The molecular formula is C15H26N4O5S2. The summed E-state index contributed by atoms with van der Waals surface area (Å²) in [7, 11) is 0. The zero-order chi connectivity index (χ0) is 19.5. The van der Waals surface area contributed by atoms with Gasteiger partial charge in [0.1, 0.15) is 12.1 Å². The van der Waals surface area contributed by atoms with E-state index in [1.165, 1.54) is 0 Å². The molecule has 9 nitrogen and oxygen atoms in total. The predicted octanol–water partition coefficient (Wildman–Crippen LogP) is -1.41. The summed E-state index contributed by atoms with van der Waals surface area (Å²) in [6, 6.07) is -2.16. The Balaban J connectivity index is 2.52. The standard InChI is InChI=1S/C15H26N4O5S2/c1-26-6-4-10(19-14(22)9-3-2-5-16-9)13(21)17-7-12(20)18-11(8-25)15(23)24/h9-11,16,25H,2-8H2,1H3,(H,17,21)(H,18,20)(H,19,22)(H,23,24). The van der Waals surface area contributed by atoms with E-state index in [0.29, 0.717) is 12.2 Å². The number of carboxylic acid groups (broad SMARTS) is 1. The summed E-state index contributed by atoms with van der Waals surface area (Å²) >= 11 is 5.40. The lowest BCUT2D eigenvalue weighted by atomic mass is 10.1. The molecule has 0 aliphatic carbocycles. The molecule has 1 saturated heterocycles. The van der Waals surface area contributed by atoms with Crippen LogP contribution in [0.2, 0.25) is 0 Å².